The number of hydrogen-bond acceptors (Lipinski definition) is 2. The molecule has 0 aliphatic rings. The Morgan fingerprint density at radius 3 is 2.56 bits per heavy atom. The third kappa shape index (κ3) is 8.11. The number of carbonyl (C=O) groups excluding carboxylic acids is 1. The van der Waals surface area contributed by atoms with Crippen molar-refractivity contribution in [3.05, 3.63) is 11.6 Å². The lowest BCUT2D eigenvalue weighted by atomic mass is 10.3. The third-order valence-electron chi connectivity index (χ3n) is 0.698. The second-order valence-corrected chi connectivity index (χ2v) is 3.56. The Morgan fingerprint density at radius 2 is 2.22 bits per heavy atom. The molecule has 3 heteroatoms. The predicted octanol–water partition coefficient (Wildman–Crippen LogP) is 2.74. The number of hydrogen-bond donors (Lipinski definition) is 1. The summed E-state index contributed by atoms with van der Waals surface area (Å²) in [5.41, 5.74) is 1.23. The minimum atomic E-state index is -0.118. The summed E-state index contributed by atoms with van der Waals surface area (Å²) in [5, 5.41) is 0. The summed E-state index contributed by atoms with van der Waals surface area (Å²) in [7, 11) is 0. The maximum Gasteiger partial charge on any atom is 0.243 e. The van der Waals surface area contributed by atoms with E-state index in [2.05, 4.69) is 12.6 Å². The van der Waals surface area contributed by atoms with E-state index in [1.807, 2.05) is 19.9 Å². The van der Waals surface area contributed by atoms with Crippen LogP contribution >= 0.6 is 24.4 Å². The van der Waals surface area contributed by atoms with Gasteiger partial charge in [-0.25, -0.2) is 0 Å². The van der Waals surface area contributed by atoms with Crippen molar-refractivity contribution >= 4 is 28.8 Å². The highest BCUT2D eigenvalue weighted by Gasteiger charge is 1.89. The Morgan fingerprint density at radius 1 is 1.67 bits per heavy atom. The van der Waals surface area contributed by atoms with E-state index in [-0.39, 0.29) is 4.45 Å². The van der Waals surface area contributed by atoms with E-state index < -0.39 is 0 Å². The molecule has 52 valence electrons. The molecule has 0 saturated carbocycles. The highest BCUT2D eigenvalue weighted by Crippen LogP contribution is 2.07. The first-order valence-electron chi connectivity index (χ1n) is 2.62. The first kappa shape index (κ1) is 9.11. The van der Waals surface area contributed by atoms with Gasteiger partial charge in [0, 0.05) is 5.75 Å². The van der Waals surface area contributed by atoms with Crippen molar-refractivity contribution in [1.82, 2.24) is 0 Å². The monoisotopic (exact) mass is 162 g/mol. The topological polar surface area (TPSA) is 17.1 Å². The van der Waals surface area contributed by atoms with Crippen molar-refractivity contribution in [2.45, 2.75) is 13.8 Å². The van der Waals surface area contributed by atoms with E-state index in [9.17, 15) is 4.79 Å². The van der Waals surface area contributed by atoms with Gasteiger partial charge in [-0.3, -0.25) is 4.79 Å². The standard InChI is InChI=1S/C6H10OS2/c1-5(2)3-4-9-6(7)8/h3H,4H2,1-2H3,(H,7,8). The number of thiol groups is 1. The van der Waals surface area contributed by atoms with E-state index >= 15 is 0 Å². The number of thioether (sulfide) groups is 1. The lowest BCUT2D eigenvalue weighted by molar-refractivity contribution is 0.277. The molecule has 0 saturated heterocycles. The Hall–Kier alpha value is 0.110. The normalized spacial score (nSPS) is 8.78. The van der Waals surface area contributed by atoms with Gasteiger partial charge in [0.05, 0.1) is 0 Å². The van der Waals surface area contributed by atoms with Crippen LogP contribution in [0.5, 0.6) is 0 Å². The fourth-order valence-electron chi connectivity index (χ4n) is 0.280. The fourth-order valence-corrected chi connectivity index (χ4v) is 1.06. The second kappa shape index (κ2) is 4.94. The number of rotatable bonds is 2. The zero-order valence-corrected chi connectivity index (χ0v) is 7.26. The Balaban J connectivity index is 3.31. The molecule has 0 atom stereocenters. The largest absolute Gasteiger partial charge is 0.275 e. The molecule has 0 amide bonds. The average molecular weight is 162 g/mol. The Bertz CT molecular complexity index is 125. The molecule has 9 heavy (non-hydrogen) atoms. The van der Waals surface area contributed by atoms with Gasteiger partial charge in [0.25, 0.3) is 0 Å². The van der Waals surface area contributed by atoms with E-state index in [1.165, 1.54) is 17.3 Å². The van der Waals surface area contributed by atoms with Crippen molar-refractivity contribution in [3.8, 4) is 0 Å². The summed E-state index contributed by atoms with van der Waals surface area (Å²) in [6, 6.07) is 0. The van der Waals surface area contributed by atoms with Crippen LogP contribution < -0.4 is 0 Å². The van der Waals surface area contributed by atoms with E-state index in [1.54, 1.807) is 0 Å². The van der Waals surface area contributed by atoms with Gasteiger partial charge in [-0.05, 0) is 13.8 Å². The maximum absolute atomic E-state index is 10.2. The third-order valence-corrected chi connectivity index (χ3v) is 1.67. The summed E-state index contributed by atoms with van der Waals surface area (Å²) in [6.45, 7) is 4.01. The molecule has 0 rings (SSSR count). The summed E-state index contributed by atoms with van der Waals surface area (Å²) >= 11 is 4.80. The Labute approximate surface area is 65.3 Å². The fraction of sp³-hybridized carbons (Fsp3) is 0.500. The lowest BCUT2D eigenvalue weighted by Gasteiger charge is -1.88. The van der Waals surface area contributed by atoms with Crippen LogP contribution in [-0.4, -0.2) is 10.2 Å². The molecule has 0 bridgehead atoms. The minimum absolute atomic E-state index is 0.118. The molecule has 0 radical (unpaired) electrons. The van der Waals surface area contributed by atoms with E-state index in [0.29, 0.717) is 0 Å². The van der Waals surface area contributed by atoms with Crippen LogP contribution in [-0.2, 0) is 0 Å². The maximum atomic E-state index is 10.2. The van der Waals surface area contributed by atoms with E-state index in [0.717, 1.165) is 5.75 Å². The lowest BCUT2D eigenvalue weighted by Crippen LogP contribution is -1.76. The van der Waals surface area contributed by atoms with Crippen LogP contribution in [0.4, 0.5) is 4.79 Å². The zero-order valence-electron chi connectivity index (χ0n) is 5.55. The van der Waals surface area contributed by atoms with Crippen molar-refractivity contribution in [2.24, 2.45) is 0 Å². The molecular formula is C6H10OS2. The SMILES string of the molecule is CC(C)=CCSC(=O)S. The van der Waals surface area contributed by atoms with E-state index in [4.69, 9.17) is 0 Å². The van der Waals surface area contributed by atoms with Crippen LogP contribution in [0.25, 0.3) is 0 Å². The van der Waals surface area contributed by atoms with Gasteiger partial charge in [-0.2, -0.15) is 0 Å². The van der Waals surface area contributed by atoms with Crippen molar-refractivity contribution in [1.29, 1.82) is 0 Å². The van der Waals surface area contributed by atoms with Gasteiger partial charge in [0.2, 0.25) is 4.45 Å². The molecule has 0 N–H and O–H groups in total. The smallest absolute Gasteiger partial charge is 0.243 e. The molecule has 1 nitrogen and oxygen atoms in total. The quantitative estimate of drug-likeness (QED) is 0.496. The second-order valence-electron chi connectivity index (χ2n) is 1.86. The van der Waals surface area contributed by atoms with Crippen molar-refractivity contribution < 1.29 is 4.79 Å². The summed E-state index contributed by atoms with van der Waals surface area (Å²) in [4.78, 5) is 10.2. The molecule has 0 aromatic carbocycles. The molecule has 0 fully saturated rings. The summed E-state index contributed by atoms with van der Waals surface area (Å²) in [6.07, 6.45) is 2.00. The molecule has 0 aliphatic heterocycles. The highest BCUT2D eigenvalue weighted by molar-refractivity contribution is 8.32. The van der Waals surface area contributed by atoms with Gasteiger partial charge in [0.1, 0.15) is 0 Å². The van der Waals surface area contributed by atoms with Crippen molar-refractivity contribution in [3.63, 3.8) is 0 Å². The summed E-state index contributed by atoms with van der Waals surface area (Å²) < 4.78 is -0.118. The van der Waals surface area contributed by atoms with Gasteiger partial charge in [-0.15, -0.1) is 0 Å². The summed E-state index contributed by atoms with van der Waals surface area (Å²) in [5.74, 6) is 0.741. The van der Waals surface area contributed by atoms with Crippen LogP contribution in [0, 0.1) is 0 Å². The molecule has 0 aromatic heterocycles. The first-order chi connectivity index (χ1) is 4.13. The zero-order chi connectivity index (χ0) is 7.28. The molecule has 0 aliphatic carbocycles. The molecule has 0 unspecified atom stereocenters. The number of carbonyl (C=O) groups is 1. The van der Waals surface area contributed by atoms with Gasteiger partial charge in [-0.1, -0.05) is 36.0 Å². The van der Waals surface area contributed by atoms with Crippen LogP contribution in [0.1, 0.15) is 13.8 Å². The Kier molecular flexibility index (Phi) is 5.00. The van der Waals surface area contributed by atoms with Crippen molar-refractivity contribution in [2.75, 3.05) is 5.75 Å². The van der Waals surface area contributed by atoms with Crippen LogP contribution in [0.2, 0.25) is 0 Å². The predicted molar refractivity (Wildman–Crippen MR) is 46.3 cm³/mol. The highest BCUT2D eigenvalue weighted by atomic mass is 32.2. The molecule has 0 heterocycles. The van der Waals surface area contributed by atoms with Crippen LogP contribution in [0.15, 0.2) is 11.6 Å². The number of allylic oxidation sites excluding steroid dienone is 1. The van der Waals surface area contributed by atoms with Crippen LogP contribution in [0.3, 0.4) is 0 Å². The van der Waals surface area contributed by atoms with Gasteiger partial charge in [0.15, 0.2) is 0 Å². The first-order valence-corrected chi connectivity index (χ1v) is 4.05. The minimum Gasteiger partial charge on any atom is -0.275 e. The molecule has 0 spiro atoms. The van der Waals surface area contributed by atoms with Gasteiger partial charge >= 0.3 is 0 Å². The van der Waals surface area contributed by atoms with Gasteiger partial charge < -0.3 is 0 Å². The molecular weight excluding hydrogens is 152 g/mol. The molecule has 0 aromatic rings. The average Bonchev–Trinajstić information content (AvgIpc) is 1.63.